The van der Waals surface area contributed by atoms with E-state index in [1.807, 2.05) is 54.6 Å². The van der Waals surface area contributed by atoms with Crippen LogP contribution in [0, 0.1) is 0 Å². The number of fused-ring (bicyclic) bond motifs is 2. The second-order valence-corrected chi connectivity index (χ2v) is 8.89. The van der Waals surface area contributed by atoms with Crippen LogP contribution in [0.3, 0.4) is 0 Å². The molecule has 0 spiro atoms. The Balaban J connectivity index is 0.00000200. The van der Waals surface area contributed by atoms with Gasteiger partial charge in [0.2, 0.25) is 0 Å². The summed E-state index contributed by atoms with van der Waals surface area (Å²) in [5.41, 5.74) is 5.49. The zero-order chi connectivity index (χ0) is 24.7. The molecule has 0 fully saturated rings. The van der Waals surface area contributed by atoms with E-state index in [4.69, 9.17) is 24.4 Å². The van der Waals surface area contributed by atoms with E-state index >= 15 is 0 Å². The summed E-state index contributed by atoms with van der Waals surface area (Å²) >= 11 is 0. The first kappa shape index (κ1) is 35.9. The molecule has 0 amide bonds. The van der Waals surface area contributed by atoms with Gasteiger partial charge in [0.15, 0.2) is 11.6 Å². The predicted molar refractivity (Wildman–Crippen MR) is 143 cm³/mol. The molecule has 0 aliphatic carbocycles. The van der Waals surface area contributed by atoms with E-state index in [1.165, 1.54) is 0 Å². The maximum absolute atomic E-state index is 5.99. The molecule has 40 heavy (non-hydrogen) atoms. The zero-order valence-electron chi connectivity index (χ0n) is 22.6. The standard InChI is InChI=1S/C29H33N5O2.3ClH.V/c1-3-5-18-35-20-33-26-16-9-7-12-22(26)31-28(33)24-14-11-15-25(30-24)29-32-23-13-8-10-17-27(23)34(29)21-36-19-6-4-2;;;;/h7-17H,3-6,18-21H2,1-2H3;3*1H;/p-3. The Morgan fingerprint density at radius 1 is 0.575 bits per heavy atom. The first-order valence-corrected chi connectivity index (χ1v) is 12.8. The van der Waals surface area contributed by atoms with Crippen LogP contribution in [0.4, 0.5) is 0 Å². The number of hydrogen-bond acceptors (Lipinski definition) is 5. The molecular formula is C29H33Cl3N5O2V-3. The Hall–Kier alpha value is -2.10. The number of hydrogen-bond donors (Lipinski definition) is 0. The Morgan fingerprint density at radius 3 is 1.43 bits per heavy atom. The van der Waals surface area contributed by atoms with Crippen LogP contribution < -0.4 is 37.2 Å². The second-order valence-electron chi connectivity index (χ2n) is 8.89. The van der Waals surface area contributed by atoms with Crippen molar-refractivity contribution in [2.24, 2.45) is 0 Å². The van der Waals surface area contributed by atoms with Gasteiger partial charge in [0.05, 0.1) is 22.1 Å². The molecule has 5 aromatic rings. The summed E-state index contributed by atoms with van der Waals surface area (Å²) in [5, 5.41) is 0. The third-order valence-electron chi connectivity index (χ3n) is 6.24. The van der Waals surface area contributed by atoms with Gasteiger partial charge in [0.1, 0.15) is 24.8 Å². The Morgan fingerprint density at radius 2 is 1.00 bits per heavy atom. The topological polar surface area (TPSA) is 67.0 Å². The fourth-order valence-electron chi connectivity index (χ4n) is 4.29. The molecular weight excluding hydrogens is 608 g/mol. The minimum Gasteiger partial charge on any atom is -1.00 e. The smallest absolute Gasteiger partial charge is 0.161 e. The molecule has 0 bridgehead atoms. The number of imidazole rings is 2. The molecule has 11 heteroatoms. The van der Waals surface area contributed by atoms with Gasteiger partial charge in [0, 0.05) is 31.8 Å². The van der Waals surface area contributed by atoms with E-state index in [0.29, 0.717) is 13.5 Å². The van der Waals surface area contributed by atoms with Gasteiger partial charge < -0.3 is 46.7 Å². The van der Waals surface area contributed by atoms with Crippen LogP contribution in [0.5, 0.6) is 0 Å². The molecule has 3 heterocycles. The zero-order valence-corrected chi connectivity index (χ0v) is 26.3. The van der Waals surface area contributed by atoms with Gasteiger partial charge in [0.25, 0.3) is 0 Å². The van der Waals surface area contributed by atoms with E-state index in [0.717, 1.165) is 84.0 Å². The maximum atomic E-state index is 5.99. The molecule has 0 N–H and O–H groups in total. The number of rotatable bonds is 12. The largest absolute Gasteiger partial charge is 1.00 e. The van der Waals surface area contributed by atoms with Crippen molar-refractivity contribution in [2.75, 3.05) is 13.2 Å². The fraction of sp³-hybridized carbons (Fsp3) is 0.345. The first-order valence-electron chi connectivity index (χ1n) is 12.8. The number of benzene rings is 2. The van der Waals surface area contributed by atoms with Crippen LogP contribution >= 0.6 is 0 Å². The molecule has 0 aliphatic rings. The van der Waals surface area contributed by atoms with Gasteiger partial charge in [-0.2, -0.15) is 0 Å². The molecule has 5 rings (SSSR count). The number of para-hydroxylation sites is 4. The van der Waals surface area contributed by atoms with Crippen molar-refractivity contribution in [1.29, 1.82) is 0 Å². The molecule has 0 saturated heterocycles. The second kappa shape index (κ2) is 17.7. The molecule has 215 valence electrons. The number of ether oxygens (including phenoxy) is 2. The predicted octanol–water partition coefficient (Wildman–Crippen LogP) is -2.33. The van der Waals surface area contributed by atoms with Crippen molar-refractivity contribution in [3.8, 4) is 23.0 Å². The van der Waals surface area contributed by atoms with E-state index < -0.39 is 0 Å². The first-order chi connectivity index (χ1) is 17.8. The molecule has 0 unspecified atom stereocenters. The minimum absolute atomic E-state index is 0. The number of halogens is 3. The van der Waals surface area contributed by atoms with Crippen molar-refractivity contribution in [1.82, 2.24) is 24.1 Å². The van der Waals surface area contributed by atoms with Crippen LogP contribution in [0.2, 0.25) is 0 Å². The van der Waals surface area contributed by atoms with Crippen molar-refractivity contribution in [3.05, 3.63) is 66.7 Å². The summed E-state index contributed by atoms with van der Waals surface area (Å²) in [7, 11) is 0. The molecule has 1 radical (unpaired) electrons. The fourth-order valence-corrected chi connectivity index (χ4v) is 4.29. The van der Waals surface area contributed by atoms with Crippen LogP contribution in [0.15, 0.2) is 66.7 Å². The Bertz CT molecular complexity index is 1360. The van der Waals surface area contributed by atoms with Crippen LogP contribution in [0.25, 0.3) is 45.1 Å². The van der Waals surface area contributed by atoms with Gasteiger partial charge >= 0.3 is 0 Å². The molecule has 7 nitrogen and oxygen atoms in total. The summed E-state index contributed by atoms with van der Waals surface area (Å²) in [5.74, 6) is 1.58. The summed E-state index contributed by atoms with van der Waals surface area (Å²) in [6.07, 6.45) is 4.27. The third kappa shape index (κ3) is 8.01. The Labute approximate surface area is 266 Å². The van der Waals surface area contributed by atoms with Gasteiger partial charge in [-0.15, -0.1) is 0 Å². The normalized spacial score (nSPS) is 10.4. The molecule has 0 atom stereocenters. The monoisotopic (exact) mass is 639 g/mol. The summed E-state index contributed by atoms with van der Waals surface area (Å²) in [4.78, 5) is 14.9. The minimum atomic E-state index is 0. The van der Waals surface area contributed by atoms with E-state index in [-0.39, 0.29) is 55.8 Å². The van der Waals surface area contributed by atoms with E-state index in [9.17, 15) is 0 Å². The van der Waals surface area contributed by atoms with Gasteiger partial charge in [-0.3, -0.25) is 9.13 Å². The van der Waals surface area contributed by atoms with Crippen molar-refractivity contribution in [2.45, 2.75) is 53.0 Å². The maximum Gasteiger partial charge on any atom is 0.161 e. The van der Waals surface area contributed by atoms with E-state index in [1.54, 1.807) is 0 Å². The summed E-state index contributed by atoms with van der Waals surface area (Å²) in [6.45, 7) is 6.64. The number of pyridine rings is 1. The van der Waals surface area contributed by atoms with Crippen LogP contribution in [-0.4, -0.2) is 37.3 Å². The van der Waals surface area contributed by atoms with Gasteiger partial charge in [-0.1, -0.05) is 57.0 Å². The van der Waals surface area contributed by atoms with Crippen molar-refractivity contribution >= 4 is 22.1 Å². The molecule has 2 aromatic carbocycles. The molecule has 0 saturated carbocycles. The van der Waals surface area contributed by atoms with Gasteiger partial charge in [-0.05, 0) is 49.2 Å². The molecule has 3 aromatic heterocycles. The van der Waals surface area contributed by atoms with E-state index in [2.05, 4.69) is 35.1 Å². The average Bonchev–Trinajstić information content (AvgIpc) is 3.48. The number of unbranched alkanes of at least 4 members (excludes halogenated alkanes) is 2. The SMILES string of the molecule is CCCCOCn1c(-c2cccc(-c3nc4ccccc4n3COCCCC)n2)nc2ccccc21.[Cl-].[Cl-].[Cl-].[V]. The van der Waals surface area contributed by atoms with Gasteiger partial charge in [-0.25, -0.2) is 15.0 Å². The number of aromatic nitrogens is 5. The average molecular weight is 641 g/mol. The van der Waals surface area contributed by atoms with Crippen LogP contribution in [0.1, 0.15) is 39.5 Å². The van der Waals surface area contributed by atoms with Crippen molar-refractivity contribution < 1.29 is 65.3 Å². The third-order valence-corrected chi connectivity index (χ3v) is 6.24. The van der Waals surface area contributed by atoms with Crippen LogP contribution in [-0.2, 0) is 41.5 Å². The van der Waals surface area contributed by atoms with Crippen molar-refractivity contribution in [3.63, 3.8) is 0 Å². The molecule has 0 aliphatic heterocycles. The number of nitrogens with zero attached hydrogens (tertiary/aromatic N) is 5. The quantitative estimate of drug-likeness (QED) is 0.143. The summed E-state index contributed by atoms with van der Waals surface area (Å²) in [6, 6.07) is 22.3. The Kier molecular flexibility index (Phi) is 15.9. The summed E-state index contributed by atoms with van der Waals surface area (Å²) < 4.78 is 16.2.